The summed E-state index contributed by atoms with van der Waals surface area (Å²) in [4.78, 5) is 22.9. The molecule has 120 valence electrons. The van der Waals surface area contributed by atoms with Gasteiger partial charge >= 0.3 is 0 Å². The Balaban J connectivity index is 2.41. The van der Waals surface area contributed by atoms with Gasteiger partial charge in [0, 0.05) is 16.2 Å². The van der Waals surface area contributed by atoms with Gasteiger partial charge in [0.25, 0.3) is 11.6 Å². The standard InChI is InChI=1S/C15H13BrN2O5/c1-22-13-7-11(12(18(20)21)8-14(13)23-2)15(19)17-10-5-3-9(16)4-6-10/h3-8H,1-2H3,(H,17,19). The number of methoxy groups -OCH3 is 2. The highest BCUT2D eigenvalue weighted by Gasteiger charge is 2.24. The molecule has 0 spiro atoms. The van der Waals surface area contributed by atoms with E-state index in [-0.39, 0.29) is 22.7 Å². The first-order valence-corrected chi connectivity index (χ1v) is 7.23. The number of nitrogens with zero attached hydrogens (tertiary/aromatic N) is 1. The summed E-state index contributed by atoms with van der Waals surface area (Å²) in [5, 5.41) is 13.8. The van der Waals surface area contributed by atoms with Gasteiger partial charge in [0.05, 0.1) is 25.2 Å². The second kappa shape index (κ2) is 7.10. The minimum atomic E-state index is -0.640. The molecule has 0 aliphatic carbocycles. The molecule has 2 aromatic carbocycles. The average Bonchev–Trinajstić information content (AvgIpc) is 2.55. The maximum atomic E-state index is 12.4. The Bertz CT molecular complexity index is 746. The minimum Gasteiger partial charge on any atom is -0.493 e. The fraction of sp³-hybridized carbons (Fsp3) is 0.133. The maximum absolute atomic E-state index is 12.4. The van der Waals surface area contributed by atoms with Crippen molar-refractivity contribution in [2.75, 3.05) is 19.5 Å². The van der Waals surface area contributed by atoms with Gasteiger partial charge in [-0.2, -0.15) is 0 Å². The molecule has 0 saturated heterocycles. The van der Waals surface area contributed by atoms with Gasteiger partial charge in [0.1, 0.15) is 5.56 Å². The SMILES string of the molecule is COc1cc(C(=O)Nc2ccc(Br)cc2)c([N+](=O)[O-])cc1OC. The molecule has 1 N–H and O–H groups in total. The third-order valence-electron chi connectivity index (χ3n) is 3.05. The van der Waals surface area contributed by atoms with Gasteiger partial charge in [-0.1, -0.05) is 15.9 Å². The van der Waals surface area contributed by atoms with E-state index in [1.54, 1.807) is 24.3 Å². The Morgan fingerprint density at radius 3 is 2.22 bits per heavy atom. The molecule has 0 bridgehead atoms. The molecule has 2 aromatic rings. The quantitative estimate of drug-likeness (QED) is 0.631. The van der Waals surface area contributed by atoms with Crippen LogP contribution in [-0.4, -0.2) is 25.1 Å². The van der Waals surface area contributed by atoms with Gasteiger partial charge in [-0.15, -0.1) is 0 Å². The molecular formula is C15H13BrN2O5. The number of halogens is 1. The van der Waals surface area contributed by atoms with Crippen LogP contribution in [0, 0.1) is 10.1 Å². The third-order valence-corrected chi connectivity index (χ3v) is 3.57. The first kappa shape index (κ1) is 16.8. The Morgan fingerprint density at radius 2 is 1.70 bits per heavy atom. The second-order valence-corrected chi connectivity index (χ2v) is 5.36. The summed E-state index contributed by atoms with van der Waals surface area (Å²) in [5.41, 5.74) is 0.0371. The topological polar surface area (TPSA) is 90.7 Å². The Hall–Kier alpha value is -2.61. The summed E-state index contributed by atoms with van der Waals surface area (Å²) in [6.45, 7) is 0. The predicted molar refractivity (Wildman–Crippen MR) is 88.3 cm³/mol. The molecule has 8 heteroatoms. The summed E-state index contributed by atoms with van der Waals surface area (Å²) >= 11 is 3.29. The zero-order chi connectivity index (χ0) is 17.0. The number of nitro groups is 1. The molecule has 1 amide bonds. The Labute approximate surface area is 140 Å². The lowest BCUT2D eigenvalue weighted by Gasteiger charge is -2.11. The van der Waals surface area contributed by atoms with Crippen molar-refractivity contribution in [3.8, 4) is 11.5 Å². The highest BCUT2D eigenvalue weighted by atomic mass is 79.9. The van der Waals surface area contributed by atoms with Gasteiger partial charge in [-0.25, -0.2) is 0 Å². The second-order valence-electron chi connectivity index (χ2n) is 4.44. The molecule has 0 aromatic heterocycles. The van der Waals surface area contributed by atoms with Crippen molar-refractivity contribution in [2.24, 2.45) is 0 Å². The van der Waals surface area contributed by atoms with E-state index < -0.39 is 10.8 Å². The minimum absolute atomic E-state index is 0.115. The van der Waals surface area contributed by atoms with Crippen molar-refractivity contribution in [1.82, 2.24) is 0 Å². The van der Waals surface area contributed by atoms with E-state index in [2.05, 4.69) is 21.2 Å². The number of hydrogen-bond acceptors (Lipinski definition) is 5. The molecule has 0 unspecified atom stereocenters. The van der Waals surface area contributed by atoms with Crippen LogP contribution in [-0.2, 0) is 0 Å². The summed E-state index contributed by atoms with van der Waals surface area (Å²) in [6, 6.07) is 9.29. The Kier molecular flexibility index (Phi) is 5.17. The van der Waals surface area contributed by atoms with Crippen LogP contribution in [0.5, 0.6) is 11.5 Å². The number of carbonyl (C=O) groups excluding carboxylic acids is 1. The number of rotatable bonds is 5. The fourth-order valence-electron chi connectivity index (χ4n) is 1.93. The number of amides is 1. The molecule has 7 nitrogen and oxygen atoms in total. The lowest BCUT2D eigenvalue weighted by atomic mass is 10.1. The molecule has 0 aliphatic rings. The van der Waals surface area contributed by atoms with Gasteiger partial charge in [-0.3, -0.25) is 14.9 Å². The van der Waals surface area contributed by atoms with Crippen LogP contribution in [0.1, 0.15) is 10.4 Å². The van der Waals surface area contributed by atoms with E-state index in [0.717, 1.165) is 10.5 Å². The van der Waals surface area contributed by atoms with E-state index >= 15 is 0 Å². The van der Waals surface area contributed by atoms with Crippen molar-refractivity contribution < 1.29 is 19.2 Å². The van der Waals surface area contributed by atoms with Crippen LogP contribution >= 0.6 is 15.9 Å². The number of anilines is 1. The van der Waals surface area contributed by atoms with Gasteiger partial charge < -0.3 is 14.8 Å². The van der Waals surface area contributed by atoms with Crippen LogP contribution in [0.25, 0.3) is 0 Å². The predicted octanol–water partition coefficient (Wildman–Crippen LogP) is 3.63. The highest BCUT2D eigenvalue weighted by Crippen LogP contribution is 2.34. The largest absolute Gasteiger partial charge is 0.493 e. The number of ether oxygens (including phenoxy) is 2. The monoisotopic (exact) mass is 380 g/mol. The van der Waals surface area contributed by atoms with Crippen molar-refractivity contribution in [1.29, 1.82) is 0 Å². The van der Waals surface area contributed by atoms with Crippen molar-refractivity contribution in [3.05, 3.63) is 56.5 Å². The summed E-state index contributed by atoms with van der Waals surface area (Å²) < 4.78 is 11.0. The molecule has 0 atom stereocenters. The van der Waals surface area contributed by atoms with Crippen LogP contribution < -0.4 is 14.8 Å². The number of nitrogens with one attached hydrogen (secondary N) is 1. The van der Waals surface area contributed by atoms with Crippen LogP contribution in [0.4, 0.5) is 11.4 Å². The Morgan fingerprint density at radius 1 is 1.13 bits per heavy atom. The molecule has 0 aliphatic heterocycles. The summed E-state index contributed by atoms with van der Waals surface area (Å²) in [5.74, 6) is -0.196. The van der Waals surface area contributed by atoms with E-state index in [4.69, 9.17) is 9.47 Å². The zero-order valence-corrected chi connectivity index (χ0v) is 13.9. The fourth-order valence-corrected chi connectivity index (χ4v) is 2.20. The number of benzene rings is 2. The van der Waals surface area contributed by atoms with Gasteiger partial charge in [0.2, 0.25) is 0 Å². The van der Waals surface area contributed by atoms with E-state index in [0.29, 0.717) is 5.69 Å². The van der Waals surface area contributed by atoms with E-state index in [9.17, 15) is 14.9 Å². The van der Waals surface area contributed by atoms with Crippen molar-refractivity contribution in [2.45, 2.75) is 0 Å². The molecule has 0 radical (unpaired) electrons. The molecule has 0 saturated carbocycles. The normalized spacial score (nSPS) is 10.0. The van der Waals surface area contributed by atoms with Crippen molar-refractivity contribution >= 4 is 33.2 Å². The maximum Gasteiger partial charge on any atom is 0.286 e. The molecular weight excluding hydrogens is 368 g/mol. The molecule has 2 rings (SSSR count). The lowest BCUT2D eigenvalue weighted by Crippen LogP contribution is -2.14. The smallest absolute Gasteiger partial charge is 0.286 e. The van der Waals surface area contributed by atoms with E-state index in [1.165, 1.54) is 20.3 Å². The van der Waals surface area contributed by atoms with Crippen LogP contribution in [0.3, 0.4) is 0 Å². The summed E-state index contributed by atoms with van der Waals surface area (Å²) in [6.07, 6.45) is 0. The average molecular weight is 381 g/mol. The summed E-state index contributed by atoms with van der Waals surface area (Å²) in [7, 11) is 2.75. The van der Waals surface area contributed by atoms with E-state index in [1.807, 2.05) is 0 Å². The molecule has 0 heterocycles. The van der Waals surface area contributed by atoms with Gasteiger partial charge in [-0.05, 0) is 24.3 Å². The van der Waals surface area contributed by atoms with Crippen molar-refractivity contribution in [3.63, 3.8) is 0 Å². The molecule has 0 fully saturated rings. The first-order chi connectivity index (χ1) is 11.0. The zero-order valence-electron chi connectivity index (χ0n) is 12.3. The highest BCUT2D eigenvalue weighted by molar-refractivity contribution is 9.10. The third kappa shape index (κ3) is 3.78. The van der Waals surface area contributed by atoms with Crippen LogP contribution in [0.15, 0.2) is 40.9 Å². The van der Waals surface area contributed by atoms with Crippen LogP contribution in [0.2, 0.25) is 0 Å². The lowest BCUT2D eigenvalue weighted by molar-refractivity contribution is -0.385. The number of hydrogen-bond donors (Lipinski definition) is 1. The number of nitro benzene ring substituents is 1. The van der Waals surface area contributed by atoms with Gasteiger partial charge in [0.15, 0.2) is 11.5 Å². The number of carbonyl (C=O) groups is 1. The molecule has 23 heavy (non-hydrogen) atoms. The first-order valence-electron chi connectivity index (χ1n) is 6.43.